The fraction of sp³-hybridized carbons (Fsp3) is 0. The monoisotopic (exact) mass is 147 g/mol. The lowest BCUT2D eigenvalue weighted by Crippen LogP contribution is -1.68. The number of benzene rings is 1. The van der Waals surface area contributed by atoms with Gasteiger partial charge in [-0.25, -0.2) is 0 Å². The lowest BCUT2D eigenvalue weighted by atomic mass is 10.2. The van der Waals surface area contributed by atoms with Crippen molar-refractivity contribution in [3.8, 4) is 11.2 Å². The highest BCUT2D eigenvalue weighted by molar-refractivity contribution is 7.81. The second-order valence-corrected chi connectivity index (χ2v) is 2.23. The van der Waals surface area contributed by atoms with Gasteiger partial charge in [-0.15, -0.1) is 0 Å². The van der Waals surface area contributed by atoms with Crippen LogP contribution in [0.25, 0.3) is 0 Å². The fourth-order valence-electron chi connectivity index (χ4n) is 0.616. The molecule has 0 atom stereocenters. The van der Waals surface area contributed by atoms with Crippen molar-refractivity contribution >= 4 is 17.2 Å². The minimum absolute atomic E-state index is 1.04. The van der Waals surface area contributed by atoms with Crippen LogP contribution in [-0.2, 0) is 11.4 Å². The van der Waals surface area contributed by atoms with Gasteiger partial charge >= 0.3 is 0 Å². The second kappa shape index (κ2) is 3.81. The third kappa shape index (κ3) is 2.00. The first-order valence-electron chi connectivity index (χ1n) is 2.90. The maximum atomic E-state index is 3.54. The SMILES string of the molecule is C=[S+]C#Cc1ccccc1. The Morgan fingerprint density at radius 3 is 2.50 bits per heavy atom. The standard InChI is InChI=1S/C9H7S/c1-10-8-7-9-5-3-2-4-6-9/h2-6H,1H2/q+1. The van der Waals surface area contributed by atoms with Crippen molar-refractivity contribution in [1.82, 2.24) is 0 Å². The molecule has 0 radical (unpaired) electrons. The molecular formula is C9H7S+. The van der Waals surface area contributed by atoms with Gasteiger partial charge in [0.1, 0.15) is 0 Å². The molecule has 0 amide bonds. The van der Waals surface area contributed by atoms with E-state index in [1.54, 1.807) is 0 Å². The Labute approximate surface area is 64.9 Å². The molecule has 0 nitrogen and oxygen atoms in total. The number of hydrogen-bond donors (Lipinski definition) is 0. The van der Waals surface area contributed by atoms with Gasteiger partial charge in [0.15, 0.2) is 5.87 Å². The van der Waals surface area contributed by atoms with Crippen LogP contribution >= 0.6 is 0 Å². The summed E-state index contributed by atoms with van der Waals surface area (Å²) in [5, 5.41) is 2.82. The highest BCUT2D eigenvalue weighted by atomic mass is 32.1. The van der Waals surface area contributed by atoms with Crippen LogP contribution in [0.5, 0.6) is 0 Å². The van der Waals surface area contributed by atoms with E-state index >= 15 is 0 Å². The Hall–Kier alpha value is -1.13. The average Bonchev–Trinajstić information content (AvgIpc) is 2.03. The molecule has 0 bridgehead atoms. The molecule has 48 valence electrons. The Balaban J connectivity index is 2.86. The molecule has 0 aromatic heterocycles. The van der Waals surface area contributed by atoms with Crippen molar-refractivity contribution in [2.45, 2.75) is 0 Å². The van der Waals surface area contributed by atoms with Crippen LogP contribution in [0.15, 0.2) is 30.3 Å². The molecule has 0 saturated heterocycles. The predicted molar refractivity (Wildman–Crippen MR) is 47.8 cm³/mol. The van der Waals surface area contributed by atoms with Crippen LogP contribution in [0.2, 0.25) is 0 Å². The Morgan fingerprint density at radius 1 is 1.20 bits per heavy atom. The summed E-state index contributed by atoms with van der Waals surface area (Å²) in [6, 6.07) is 9.87. The van der Waals surface area contributed by atoms with Crippen LogP contribution in [-0.4, -0.2) is 5.87 Å². The van der Waals surface area contributed by atoms with Crippen molar-refractivity contribution in [3.05, 3.63) is 35.9 Å². The Bertz CT molecular complexity index is 264. The molecule has 0 aliphatic rings. The highest BCUT2D eigenvalue weighted by Gasteiger charge is 1.81. The normalized spacial score (nSPS) is 7.60. The maximum absolute atomic E-state index is 3.54. The summed E-state index contributed by atoms with van der Waals surface area (Å²) in [4.78, 5) is 0. The molecule has 0 fully saturated rings. The van der Waals surface area contributed by atoms with E-state index in [0.717, 1.165) is 5.56 Å². The Morgan fingerprint density at radius 2 is 1.90 bits per heavy atom. The van der Waals surface area contributed by atoms with Crippen molar-refractivity contribution in [1.29, 1.82) is 0 Å². The summed E-state index contributed by atoms with van der Waals surface area (Å²) in [5.41, 5.74) is 1.04. The van der Waals surface area contributed by atoms with E-state index in [-0.39, 0.29) is 0 Å². The van der Waals surface area contributed by atoms with Gasteiger partial charge in [-0.3, -0.25) is 0 Å². The molecule has 1 aromatic carbocycles. The molecule has 0 aliphatic heterocycles. The third-order valence-corrected chi connectivity index (χ3v) is 1.29. The summed E-state index contributed by atoms with van der Waals surface area (Å²) in [5.74, 6) is 6.49. The Kier molecular flexibility index (Phi) is 2.66. The van der Waals surface area contributed by atoms with Gasteiger partial charge in [0.25, 0.3) is 11.4 Å². The lowest BCUT2D eigenvalue weighted by Gasteiger charge is -1.81. The largest absolute Gasteiger partial charge is 0.272 e. The number of hydrogen-bond acceptors (Lipinski definition) is 0. The first kappa shape index (κ1) is 6.98. The molecule has 0 heterocycles. The van der Waals surface area contributed by atoms with Crippen molar-refractivity contribution in [2.24, 2.45) is 0 Å². The van der Waals surface area contributed by atoms with Crippen LogP contribution in [0, 0.1) is 11.2 Å². The van der Waals surface area contributed by atoms with E-state index in [4.69, 9.17) is 0 Å². The minimum atomic E-state index is 1.04. The van der Waals surface area contributed by atoms with Gasteiger partial charge < -0.3 is 0 Å². The second-order valence-electron chi connectivity index (χ2n) is 1.74. The van der Waals surface area contributed by atoms with Gasteiger partial charge in [-0.05, 0) is 12.1 Å². The first-order chi connectivity index (χ1) is 4.93. The summed E-state index contributed by atoms with van der Waals surface area (Å²) < 4.78 is 0. The van der Waals surface area contributed by atoms with Crippen molar-refractivity contribution in [3.63, 3.8) is 0 Å². The van der Waals surface area contributed by atoms with E-state index in [1.165, 1.54) is 11.4 Å². The van der Waals surface area contributed by atoms with Gasteiger partial charge in [-0.1, -0.05) is 18.2 Å². The zero-order valence-electron chi connectivity index (χ0n) is 5.50. The molecule has 10 heavy (non-hydrogen) atoms. The van der Waals surface area contributed by atoms with Crippen LogP contribution in [0.3, 0.4) is 0 Å². The van der Waals surface area contributed by atoms with E-state index in [2.05, 4.69) is 17.0 Å². The molecule has 1 aromatic rings. The zero-order chi connectivity index (χ0) is 7.23. The quantitative estimate of drug-likeness (QED) is 0.296. The minimum Gasteiger partial charge on any atom is -0.0622 e. The topological polar surface area (TPSA) is 0 Å². The van der Waals surface area contributed by atoms with Crippen LogP contribution in [0.1, 0.15) is 5.56 Å². The van der Waals surface area contributed by atoms with Gasteiger partial charge in [0.2, 0.25) is 5.25 Å². The molecule has 1 rings (SSSR count). The molecule has 1 heteroatoms. The summed E-state index contributed by atoms with van der Waals surface area (Å²) >= 11 is 1.29. The summed E-state index contributed by atoms with van der Waals surface area (Å²) in [6.07, 6.45) is 0. The summed E-state index contributed by atoms with van der Waals surface area (Å²) in [7, 11) is 0. The fourth-order valence-corrected chi connectivity index (χ4v) is 0.807. The average molecular weight is 147 g/mol. The number of rotatable bonds is 0. The maximum Gasteiger partial charge on any atom is 0.272 e. The van der Waals surface area contributed by atoms with E-state index in [9.17, 15) is 0 Å². The molecule has 0 spiro atoms. The van der Waals surface area contributed by atoms with Crippen molar-refractivity contribution < 1.29 is 0 Å². The zero-order valence-corrected chi connectivity index (χ0v) is 6.32. The van der Waals surface area contributed by atoms with Gasteiger partial charge in [0.05, 0.1) is 0 Å². The molecule has 0 saturated carbocycles. The van der Waals surface area contributed by atoms with Gasteiger partial charge in [0, 0.05) is 11.5 Å². The van der Waals surface area contributed by atoms with Crippen molar-refractivity contribution in [2.75, 3.05) is 0 Å². The highest BCUT2D eigenvalue weighted by Crippen LogP contribution is 1.93. The molecule has 0 unspecified atom stereocenters. The molecular weight excluding hydrogens is 140 g/mol. The first-order valence-corrected chi connectivity index (χ1v) is 3.89. The third-order valence-electron chi connectivity index (χ3n) is 1.04. The van der Waals surface area contributed by atoms with E-state index < -0.39 is 0 Å². The van der Waals surface area contributed by atoms with Crippen LogP contribution < -0.4 is 0 Å². The lowest BCUT2D eigenvalue weighted by molar-refractivity contribution is 1.65. The van der Waals surface area contributed by atoms with E-state index in [0.29, 0.717) is 0 Å². The van der Waals surface area contributed by atoms with E-state index in [1.807, 2.05) is 30.3 Å². The molecule has 0 aliphatic carbocycles. The predicted octanol–water partition coefficient (Wildman–Crippen LogP) is 1.51. The molecule has 0 N–H and O–H groups in total. The summed E-state index contributed by atoms with van der Waals surface area (Å²) in [6.45, 7) is 0. The smallest absolute Gasteiger partial charge is 0.0622 e. The van der Waals surface area contributed by atoms with Crippen LogP contribution in [0.4, 0.5) is 0 Å². The van der Waals surface area contributed by atoms with Gasteiger partial charge in [-0.2, -0.15) is 0 Å².